The van der Waals surface area contributed by atoms with Gasteiger partial charge >= 0.3 is 0 Å². The molecule has 0 bridgehead atoms. The number of aryl methyl sites for hydroxylation is 2. The number of benzene rings is 1. The van der Waals surface area contributed by atoms with E-state index in [0.29, 0.717) is 22.6 Å². The van der Waals surface area contributed by atoms with E-state index < -0.39 is 0 Å². The number of hydrogen-bond donors (Lipinski definition) is 1. The van der Waals surface area contributed by atoms with Crippen LogP contribution < -0.4 is 5.73 Å². The Morgan fingerprint density at radius 3 is 2.44 bits per heavy atom. The molecule has 0 fully saturated rings. The Hall–Kier alpha value is -2.03. The molecule has 0 saturated carbocycles. The second-order valence-electron chi connectivity index (χ2n) is 3.74. The van der Waals surface area contributed by atoms with Crippen LogP contribution >= 0.6 is 0 Å². The second kappa shape index (κ2) is 3.85. The average molecular weight is 215 g/mol. The zero-order chi connectivity index (χ0) is 11.7. The van der Waals surface area contributed by atoms with Gasteiger partial charge in [0, 0.05) is 11.3 Å². The number of furan rings is 1. The van der Waals surface area contributed by atoms with Crippen molar-refractivity contribution in [1.29, 1.82) is 0 Å². The van der Waals surface area contributed by atoms with Crippen molar-refractivity contribution in [2.45, 2.75) is 13.8 Å². The van der Waals surface area contributed by atoms with Crippen LogP contribution in [0.25, 0.3) is 0 Å². The topological polar surface area (TPSA) is 56.2 Å². The van der Waals surface area contributed by atoms with Gasteiger partial charge in [0.15, 0.2) is 5.78 Å². The molecule has 1 aromatic heterocycles. The number of para-hydroxylation sites is 1. The van der Waals surface area contributed by atoms with E-state index in [9.17, 15) is 4.79 Å². The fourth-order valence-electron chi connectivity index (χ4n) is 1.71. The van der Waals surface area contributed by atoms with Gasteiger partial charge in [-0.05, 0) is 32.0 Å². The standard InChI is InChI=1S/C13H13NO2/c1-8-7-11(9(2)16-8)13(15)10-5-3-4-6-12(10)14/h3-7H,14H2,1-2H3. The number of carbonyl (C=O) groups excluding carboxylic acids is 1. The highest BCUT2D eigenvalue weighted by atomic mass is 16.3. The van der Waals surface area contributed by atoms with Crippen LogP contribution in [0.15, 0.2) is 34.7 Å². The maximum Gasteiger partial charge on any atom is 0.198 e. The van der Waals surface area contributed by atoms with E-state index in [0.717, 1.165) is 5.76 Å². The van der Waals surface area contributed by atoms with Gasteiger partial charge in [-0.1, -0.05) is 12.1 Å². The van der Waals surface area contributed by atoms with Gasteiger partial charge in [0.2, 0.25) is 0 Å². The van der Waals surface area contributed by atoms with Crippen molar-refractivity contribution in [1.82, 2.24) is 0 Å². The van der Waals surface area contributed by atoms with Crippen molar-refractivity contribution < 1.29 is 9.21 Å². The summed E-state index contributed by atoms with van der Waals surface area (Å²) in [6.45, 7) is 3.59. The van der Waals surface area contributed by atoms with E-state index in [1.165, 1.54) is 0 Å². The molecule has 0 amide bonds. The molecule has 16 heavy (non-hydrogen) atoms. The Kier molecular flexibility index (Phi) is 2.52. The summed E-state index contributed by atoms with van der Waals surface area (Å²) in [5, 5.41) is 0. The minimum atomic E-state index is -0.0903. The van der Waals surface area contributed by atoms with Crippen molar-refractivity contribution >= 4 is 11.5 Å². The summed E-state index contributed by atoms with van der Waals surface area (Å²) >= 11 is 0. The molecule has 0 saturated heterocycles. The number of anilines is 1. The molecule has 0 aliphatic rings. The molecule has 82 valence electrons. The molecule has 0 aliphatic carbocycles. The molecule has 1 aromatic carbocycles. The summed E-state index contributed by atoms with van der Waals surface area (Å²) in [4.78, 5) is 12.2. The van der Waals surface area contributed by atoms with Crippen LogP contribution in [0.3, 0.4) is 0 Å². The molecule has 2 N–H and O–H groups in total. The predicted molar refractivity (Wildman–Crippen MR) is 62.5 cm³/mol. The summed E-state index contributed by atoms with van der Waals surface area (Å²) in [6, 6.07) is 8.78. The lowest BCUT2D eigenvalue weighted by Gasteiger charge is -2.02. The van der Waals surface area contributed by atoms with Crippen LogP contribution in [0.4, 0.5) is 5.69 Å². The molecule has 2 rings (SSSR count). The van der Waals surface area contributed by atoms with Crippen LogP contribution in [0.5, 0.6) is 0 Å². The Balaban J connectivity index is 2.47. The van der Waals surface area contributed by atoms with Crippen LogP contribution in [0.2, 0.25) is 0 Å². The van der Waals surface area contributed by atoms with Gasteiger partial charge in [-0.3, -0.25) is 4.79 Å². The van der Waals surface area contributed by atoms with Crippen molar-refractivity contribution in [2.24, 2.45) is 0 Å². The summed E-state index contributed by atoms with van der Waals surface area (Å²) in [5.41, 5.74) is 7.35. The lowest BCUT2D eigenvalue weighted by Crippen LogP contribution is -2.05. The zero-order valence-electron chi connectivity index (χ0n) is 9.28. The Bertz CT molecular complexity index is 541. The molecular weight excluding hydrogens is 202 g/mol. The van der Waals surface area contributed by atoms with Gasteiger partial charge in [-0.2, -0.15) is 0 Å². The van der Waals surface area contributed by atoms with E-state index in [1.807, 2.05) is 6.92 Å². The highest BCUT2D eigenvalue weighted by Gasteiger charge is 2.17. The number of nitrogen functional groups attached to an aromatic ring is 1. The third kappa shape index (κ3) is 1.72. The predicted octanol–water partition coefficient (Wildman–Crippen LogP) is 2.71. The summed E-state index contributed by atoms with van der Waals surface area (Å²) in [6.07, 6.45) is 0. The first-order chi connectivity index (χ1) is 7.59. The second-order valence-corrected chi connectivity index (χ2v) is 3.74. The Morgan fingerprint density at radius 1 is 1.19 bits per heavy atom. The SMILES string of the molecule is Cc1cc(C(=O)c2ccccc2N)c(C)o1. The lowest BCUT2D eigenvalue weighted by atomic mass is 10.0. The van der Waals surface area contributed by atoms with Gasteiger partial charge < -0.3 is 10.2 Å². The number of hydrogen-bond acceptors (Lipinski definition) is 3. The summed E-state index contributed by atoms with van der Waals surface area (Å²) < 4.78 is 5.34. The van der Waals surface area contributed by atoms with E-state index in [4.69, 9.17) is 10.2 Å². The minimum Gasteiger partial charge on any atom is -0.466 e. The van der Waals surface area contributed by atoms with Gasteiger partial charge in [-0.15, -0.1) is 0 Å². The van der Waals surface area contributed by atoms with E-state index in [2.05, 4.69) is 0 Å². The Morgan fingerprint density at radius 2 is 1.88 bits per heavy atom. The van der Waals surface area contributed by atoms with Crippen LogP contribution in [-0.2, 0) is 0 Å². The van der Waals surface area contributed by atoms with Crippen molar-refractivity contribution in [2.75, 3.05) is 5.73 Å². The highest BCUT2D eigenvalue weighted by molar-refractivity contribution is 6.12. The molecule has 0 aliphatic heterocycles. The fourth-order valence-corrected chi connectivity index (χ4v) is 1.71. The monoisotopic (exact) mass is 215 g/mol. The van der Waals surface area contributed by atoms with Gasteiger partial charge in [0.25, 0.3) is 0 Å². The molecule has 3 heteroatoms. The third-order valence-electron chi connectivity index (χ3n) is 2.49. The van der Waals surface area contributed by atoms with Gasteiger partial charge in [-0.25, -0.2) is 0 Å². The number of carbonyl (C=O) groups is 1. The van der Waals surface area contributed by atoms with E-state index >= 15 is 0 Å². The normalized spacial score (nSPS) is 10.4. The van der Waals surface area contributed by atoms with E-state index in [-0.39, 0.29) is 5.78 Å². The molecule has 1 heterocycles. The summed E-state index contributed by atoms with van der Waals surface area (Å²) in [7, 11) is 0. The minimum absolute atomic E-state index is 0.0903. The van der Waals surface area contributed by atoms with E-state index in [1.54, 1.807) is 37.3 Å². The molecule has 3 nitrogen and oxygen atoms in total. The van der Waals surface area contributed by atoms with Crippen molar-refractivity contribution in [3.05, 3.63) is 53.0 Å². The maximum atomic E-state index is 12.2. The average Bonchev–Trinajstić information content (AvgIpc) is 2.58. The van der Waals surface area contributed by atoms with Crippen LogP contribution in [0.1, 0.15) is 27.4 Å². The first kappa shape index (κ1) is 10.5. The first-order valence-corrected chi connectivity index (χ1v) is 5.06. The number of rotatable bonds is 2. The molecule has 0 radical (unpaired) electrons. The largest absolute Gasteiger partial charge is 0.466 e. The quantitative estimate of drug-likeness (QED) is 0.619. The maximum absolute atomic E-state index is 12.2. The molecule has 2 aromatic rings. The third-order valence-corrected chi connectivity index (χ3v) is 2.49. The molecule has 0 atom stereocenters. The fraction of sp³-hybridized carbons (Fsp3) is 0.154. The van der Waals surface area contributed by atoms with Gasteiger partial charge in [0.05, 0.1) is 5.56 Å². The molecule has 0 unspecified atom stereocenters. The lowest BCUT2D eigenvalue weighted by molar-refractivity contribution is 0.103. The van der Waals surface area contributed by atoms with Gasteiger partial charge in [0.1, 0.15) is 11.5 Å². The smallest absolute Gasteiger partial charge is 0.198 e. The number of nitrogens with two attached hydrogens (primary N) is 1. The highest BCUT2D eigenvalue weighted by Crippen LogP contribution is 2.21. The summed E-state index contributed by atoms with van der Waals surface area (Å²) in [5.74, 6) is 1.27. The molecule has 0 spiro atoms. The van der Waals surface area contributed by atoms with Crippen LogP contribution in [0, 0.1) is 13.8 Å². The van der Waals surface area contributed by atoms with Crippen LogP contribution in [-0.4, -0.2) is 5.78 Å². The number of ketones is 1. The van der Waals surface area contributed by atoms with Crippen molar-refractivity contribution in [3.63, 3.8) is 0 Å². The zero-order valence-corrected chi connectivity index (χ0v) is 9.28. The first-order valence-electron chi connectivity index (χ1n) is 5.06. The Labute approximate surface area is 93.9 Å². The van der Waals surface area contributed by atoms with Crippen molar-refractivity contribution in [3.8, 4) is 0 Å². The molecular formula is C13H13NO2.